The highest BCUT2D eigenvalue weighted by molar-refractivity contribution is 7.99. The Balaban J connectivity index is 1.54. The molecule has 1 amide bonds. The van der Waals surface area contributed by atoms with Gasteiger partial charge in [-0.15, -0.1) is 0 Å². The van der Waals surface area contributed by atoms with Gasteiger partial charge in [-0.3, -0.25) is 14.2 Å². The number of carbonyl (C=O) groups excluding carboxylic acids is 1. The highest BCUT2D eigenvalue weighted by Crippen LogP contribution is 2.23. The van der Waals surface area contributed by atoms with Gasteiger partial charge in [0.05, 0.1) is 11.2 Å². The van der Waals surface area contributed by atoms with E-state index in [0.29, 0.717) is 46.5 Å². The first kappa shape index (κ1) is 17.7. The van der Waals surface area contributed by atoms with Crippen LogP contribution in [-0.4, -0.2) is 37.3 Å². The first-order valence-corrected chi connectivity index (χ1v) is 9.92. The number of hydrogen-bond acceptors (Lipinski definition) is 5. The third-order valence-electron chi connectivity index (χ3n) is 4.38. The standard InChI is InChI=1S/C19H20N4O3S/c24-14-7-5-13(6-8-14)23-18(26)17-15(9-10-20-17)22-19(23)27-11-1-2-16(25)21-12-3-4-12/h5-10,12,20,24H,1-4,11H2,(H,21,25). The van der Waals surface area contributed by atoms with E-state index in [1.807, 2.05) is 0 Å². The van der Waals surface area contributed by atoms with Crippen molar-refractivity contribution in [2.24, 2.45) is 0 Å². The average Bonchev–Trinajstić information content (AvgIpc) is 3.33. The van der Waals surface area contributed by atoms with Crippen LogP contribution in [0.2, 0.25) is 0 Å². The quantitative estimate of drug-likeness (QED) is 0.330. The third-order valence-corrected chi connectivity index (χ3v) is 5.40. The van der Waals surface area contributed by atoms with Crippen LogP contribution in [0.25, 0.3) is 16.7 Å². The van der Waals surface area contributed by atoms with Gasteiger partial charge in [0.25, 0.3) is 5.56 Å². The zero-order chi connectivity index (χ0) is 18.8. The summed E-state index contributed by atoms with van der Waals surface area (Å²) in [6.45, 7) is 0. The lowest BCUT2D eigenvalue weighted by Crippen LogP contribution is -2.25. The Morgan fingerprint density at radius 2 is 2.07 bits per heavy atom. The number of amides is 1. The van der Waals surface area contributed by atoms with E-state index in [1.165, 1.54) is 28.5 Å². The molecule has 0 unspecified atom stereocenters. The summed E-state index contributed by atoms with van der Waals surface area (Å²) in [6.07, 6.45) is 5.04. The molecule has 0 bridgehead atoms. The zero-order valence-electron chi connectivity index (χ0n) is 14.6. The number of aromatic amines is 1. The summed E-state index contributed by atoms with van der Waals surface area (Å²) < 4.78 is 1.53. The van der Waals surface area contributed by atoms with E-state index in [4.69, 9.17) is 0 Å². The van der Waals surface area contributed by atoms with Gasteiger partial charge in [-0.05, 0) is 49.6 Å². The Hall–Kier alpha value is -2.74. The van der Waals surface area contributed by atoms with Crippen LogP contribution in [-0.2, 0) is 4.79 Å². The molecule has 7 nitrogen and oxygen atoms in total. The predicted octanol–water partition coefficient (Wildman–Crippen LogP) is 2.57. The molecule has 140 valence electrons. The topological polar surface area (TPSA) is 100 Å². The van der Waals surface area contributed by atoms with Gasteiger partial charge in [0.1, 0.15) is 11.3 Å². The number of H-pyrrole nitrogens is 1. The average molecular weight is 384 g/mol. The number of phenols is 1. The molecule has 0 saturated heterocycles. The molecular weight excluding hydrogens is 364 g/mol. The van der Waals surface area contributed by atoms with Crippen molar-refractivity contribution in [3.05, 3.63) is 46.9 Å². The van der Waals surface area contributed by atoms with Crippen LogP contribution in [0.3, 0.4) is 0 Å². The number of thioether (sulfide) groups is 1. The summed E-state index contributed by atoms with van der Waals surface area (Å²) in [5.41, 5.74) is 1.50. The number of fused-ring (bicyclic) bond motifs is 1. The summed E-state index contributed by atoms with van der Waals surface area (Å²) in [4.78, 5) is 32.3. The molecule has 1 aliphatic rings. The van der Waals surface area contributed by atoms with Crippen molar-refractivity contribution in [2.45, 2.75) is 36.9 Å². The van der Waals surface area contributed by atoms with Gasteiger partial charge in [0.15, 0.2) is 5.16 Å². The summed E-state index contributed by atoms with van der Waals surface area (Å²) in [5.74, 6) is 0.901. The molecule has 8 heteroatoms. The summed E-state index contributed by atoms with van der Waals surface area (Å²) in [7, 11) is 0. The lowest BCUT2D eigenvalue weighted by Gasteiger charge is -2.12. The maximum Gasteiger partial charge on any atom is 0.283 e. The fraction of sp³-hybridized carbons (Fsp3) is 0.316. The van der Waals surface area contributed by atoms with E-state index in [-0.39, 0.29) is 17.2 Å². The first-order chi connectivity index (χ1) is 13.1. The molecule has 0 aliphatic heterocycles. The molecule has 27 heavy (non-hydrogen) atoms. The molecule has 2 heterocycles. The lowest BCUT2D eigenvalue weighted by atomic mass is 10.3. The van der Waals surface area contributed by atoms with E-state index >= 15 is 0 Å². The number of benzene rings is 1. The number of carbonyl (C=O) groups is 1. The van der Waals surface area contributed by atoms with E-state index in [1.54, 1.807) is 24.4 Å². The second-order valence-corrected chi connectivity index (χ2v) is 7.65. The second kappa shape index (κ2) is 7.48. The minimum Gasteiger partial charge on any atom is -0.508 e. The van der Waals surface area contributed by atoms with E-state index < -0.39 is 0 Å². The molecule has 1 aromatic carbocycles. The monoisotopic (exact) mass is 384 g/mol. The van der Waals surface area contributed by atoms with Gasteiger partial charge in [-0.1, -0.05) is 11.8 Å². The van der Waals surface area contributed by atoms with Crippen molar-refractivity contribution >= 4 is 28.7 Å². The highest BCUT2D eigenvalue weighted by Gasteiger charge is 2.22. The normalized spacial score (nSPS) is 13.8. The number of phenolic OH excluding ortho intramolecular Hbond substituents is 1. The zero-order valence-corrected chi connectivity index (χ0v) is 15.5. The van der Waals surface area contributed by atoms with Crippen LogP contribution < -0.4 is 10.9 Å². The highest BCUT2D eigenvalue weighted by atomic mass is 32.2. The summed E-state index contributed by atoms with van der Waals surface area (Å²) >= 11 is 1.45. The Bertz CT molecular complexity index is 1020. The van der Waals surface area contributed by atoms with Crippen LogP contribution >= 0.6 is 11.8 Å². The van der Waals surface area contributed by atoms with Gasteiger partial charge in [0, 0.05) is 24.4 Å². The third kappa shape index (κ3) is 4.00. The molecule has 3 N–H and O–H groups in total. The number of rotatable bonds is 7. The van der Waals surface area contributed by atoms with Crippen LogP contribution in [0.15, 0.2) is 46.5 Å². The van der Waals surface area contributed by atoms with E-state index in [0.717, 1.165) is 12.8 Å². The van der Waals surface area contributed by atoms with Crippen molar-refractivity contribution in [3.63, 3.8) is 0 Å². The number of hydrogen-bond donors (Lipinski definition) is 3. The van der Waals surface area contributed by atoms with Gasteiger partial charge in [-0.25, -0.2) is 4.98 Å². The van der Waals surface area contributed by atoms with Crippen LogP contribution in [0, 0.1) is 0 Å². The van der Waals surface area contributed by atoms with E-state index in [2.05, 4.69) is 15.3 Å². The van der Waals surface area contributed by atoms with Crippen LogP contribution in [0.1, 0.15) is 25.7 Å². The fourth-order valence-corrected chi connectivity index (χ4v) is 3.78. The lowest BCUT2D eigenvalue weighted by molar-refractivity contribution is -0.121. The minimum atomic E-state index is -0.190. The maximum atomic E-state index is 12.9. The molecule has 1 fully saturated rings. The molecule has 1 aliphatic carbocycles. The second-order valence-electron chi connectivity index (χ2n) is 6.58. The Kier molecular flexibility index (Phi) is 4.89. The van der Waals surface area contributed by atoms with Crippen molar-refractivity contribution in [3.8, 4) is 11.4 Å². The number of nitrogens with one attached hydrogen (secondary N) is 2. The van der Waals surface area contributed by atoms with E-state index in [9.17, 15) is 14.7 Å². The summed E-state index contributed by atoms with van der Waals surface area (Å²) in [5, 5.41) is 13.1. The van der Waals surface area contributed by atoms with Gasteiger partial charge >= 0.3 is 0 Å². The maximum absolute atomic E-state index is 12.9. The van der Waals surface area contributed by atoms with Gasteiger partial charge in [0.2, 0.25) is 5.91 Å². The smallest absolute Gasteiger partial charge is 0.283 e. The van der Waals surface area contributed by atoms with Crippen LogP contribution in [0.5, 0.6) is 5.75 Å². The van der Waals surface area contributed by atoms with Crippen molar-refractivity contribution in [1.82, 2.24) is 19.9 Å². The molecule has 0 radical (unpaired) electrons. The molecule has 2 aromatic heterocycles. The predicted molar refractivity (Wildman–Crippen MR) is 104 cm³/mol. The fourth-order valence-electron chi connectivity index (χ4n) is 2.83. The van der Waals surface area contributed by atoms with Gasteiger partial charge < -0.3 is 15.4 Å². The van der Waals surface area contributed by atoms with Crippen molar-refractivity contribution in [2.75, 3.05) is 5.75 Å². The molecule has 1 saturated carbocycles. The molecule has 0 spiro atoms. The van der Waals surface area contributed by atoms with Gasteiger partial charge in [-0.2, -0.15) is 0 Å². The Morgan fingerprint density at radius 3 is 2.81 bits per heavy atom. The summed E-state index contributed by atoms with van der Waals surface area (Å²) in [6, 6.07) is 8.59. The molecule has 0 atom stereocenters. The molecule has 3 aromatic rings. The SMILES string of the molecule is O=C(CCCSc1nc2cc[nH]c2c(=O)n1-c1ccc(O)cc1)NC1CC1. The molecule has 4 rings (SSSR count). The molecular formula is C19H20N4O3S. The number of aromatic hydroxyl groups is 1. The number of aromatic nitrogens is 3. The number of nitrogens with zero attached hydrogens (tertiary/aromatic N) is 2. The Labute approximate surface area is 159 Å². The van der Waals surface area contributed by atoms with Crippen molar-refractivity contribution < 1.29 is 9.90 Å². The van der Waals surface area contributed by atoms with Crippen LogP contribution in [0.4, 0.5) is 0 Å². The Morgan fingerprint density at radius 1 is 1.30 bits per heavy atom. The van der Waals surface area contributed by atoms with Crippen molar-refractivity contribution in [1.29, 1.82) is 0 Å². The largest absolute Gasteiger partial charge is 0.508 e. The first-order valence-electron chi connectivity index (χ1n) is 8.93. The minimum absolute atomic E-state index is 0.0862.